The van der Waals surface area contributed by atoms with Gasteiger partial charge in [-0.15, -0.1) is 0 Å². The molecule has 0 atom stereocenters. The maximum absolute atomic E-state index is 11.4. The van der Waals surface area contributed by atoms with Crippen molar-refractivity contribution in [3.05, 3.63) is 48.0 Å². The number of carbonyl (C=O) groups excluding carboxylic acids is 1. The third kappa shape index (κ3) is 2.35. The summed E-state index contributed by atoms with van der Waals surface area (Å²) in [5.74, 6) is 0.777. The summed E-state index contributed by atoms with van der Waals surface area (Å²) in [7, 11) is 1.61. The van der Waals surface area contributed by atoms with Crippen molar-refractivity contribution in [3.63, 3.8) is 0 Å². The number of hydrogen-bond acceptors (Lipinski definition) is 3. The second-order valence-corrected chi connectivity index (χ2v) is 4.09. The Morgan fingerprint density at radius 3 is 2.33 bits per heavy atom. The first-order valence-electron chi connectivity index (χ1n) is 5.66. The molecule has 92 valence electrons. The highest BCUT2D eigenvalue weighted by atomic mass is 16.5. The number of hydrogen-bond donors (Lipinski definition) is 1. The van der Waals surface area contributed by atoms with Gasteiger partial charge in [0, 0.05) is 16.8 Å². The third-order valence-electron chi connectivity index (χ3n) is 2.83. The molecule has 2 aromatic carbocycles. The van der Waals surface area contributed by atoms with Gasteiger partial charge < -0.3 is 10.5 Å². The topological polar surface area (TPSA) is 52.3 Å². The van der Waals surface area contributed by atoms with Gasteiger partial charge >= 0.3 is 0 Å². The van der Waals surface area contributed by atoms with Gasteiger partial charge in [-0.3, -0.25) is 4.79 Å². The van der Waals surface area contributed by atoms with E-state index in [2.05, 4.69) is 0 Å². The second kappa shape index (κ2) is 4.92. The standard InChI is InChI=1S/C15H15NO2/c1-10(17)12-5-8-15(18-2)14(9-12)11-3-6-13(16)7-4-11/h3-9H,16H2,1-2H3. The van der Waals surface area contributed by atoms with E-state index in [1.165, 1.54) is 0 Å². The van der Waals surface area contributed by atoms with Gasteiger partial charge in [0.2, 0.25) is 0 Å². The van der Waals surface area contributed by atoms with Crippen molar-refractivity contribution in [2.24, 2.45) is 0 Å². The molecular weight excluding hydrogens is 226 g/mol. The van der Waals surface area contributed by atoms with E-state index in [0.29, 0.717) is 11.3 Å². The summed E-state index contributed by atoms with van der Waals surface area (Å²) in [6, 6.07) is 12.9. The number of anilines is 1. The number of benzene rings is 2. The number of carbonyl (C=O) groups is 1. The molecule has 2 N–H and O–H groups in total. The van der Waals surface area contributed by atoms with Crippen LogP contribution in [0.5, 0.6) is 5.75 Å². The smallest absolute Gasteiger partial charge is 0.159 e. The molecule has 2 rings (SSSR count). The van der Waals surface area contributed by atoms with Crippen molar-refractivity contribution in [3.8, 4) is 16.9 Å². The first-order chi connectivity index (χ1) is 8.61. The summed E-state index contributed by atoms with van der Waals surface area (Å²) in [5.41, 5.74) is 8.92. The maximum atomic E-state index is 11.4. The van der Waals surface area contributed by atoms with Gasteiger partial charge in [0.1, 0.15) is 5.75 Å². The Kier molecular flexibility index (Phi) is 3.33. The summed E-state index contributed by atoms with van der Waals surface area (Å²) in [5, 5.41) is 0. The maximum Gasteiger partial charge on any atom is 0.159 e. The summed E-state index contributed by atoms with van der Waals surface area (Å²) < 4.78 is 5.32. The molecule has 0 heterocycles. The second-order valence-electron chi connectivity index (χ2n) is 4.09. The molecule has 0 unspecified atom stereocenters. The summed E-state index contributed by atoms with van der Waals surface area (Å²) >= 11 is 0. The van der Waals surface area contributed by atoms with E-state index in [1.807, 2.05) is 36.4 Å². The minimum absolute atomic E-state index is 0.0364. The summed E-state index contributed by atoms with van der Waals surface area (Å²) in [6.45, 7) is 1.55. The van der Waals surface area contributed by atoms with Crippen LogP contribution in [0.3, 0.4) is 0 Å². The lowest BCUT2D eigenvalue weighted by atomic mass is 10.0. The van der Waals surface area contributed by atoms with Gasteiger partial charge in [0.25, 0.3) is 0 Å². The predicted octanol–water partition coefficient (Wildman–Crippen LogP) is 3.15. The lowest BCUT2D eigenvalue weighted by Crippen LogP contribution is -1.95. The highest BCUT2D eigenvalue weighted by Crippen LogP contribution is 2.31. The van der Waals surface area contributed by atoms with E-state index in [0.717, 1.165) is 16.9 Å². The van der Waals surface area contributed by atoms with Gasteiger partial charge in [0.05, 0.1) is 7.11 Å². The monoisotopic (exact) mass is 241 g/mol. The zero-order valence-electron chi connectivity index (χ0n) is 10.4. The zero-order chi connectivity index (χ0) is 13.1. The van der Waals surface area contributed by atoms with Gasteiger partial charge in [-0.1, -0.05) is 12.1 Å². The Hall–Kier alpha value is -2.29. The number of rotatable bonds is 3. The van der Waals surface area contributed by atoms with Gasteiger partial charge in [-0.05, 0) is 42.8 Å². The number of ketones is 1. The van der Waals surface area contributed by atoms with Crippen molar-refractivity contribution < 1.29 is 9.53 Å². The van der Waals surface area contributed by atoms with Crippen LogP contribution in [0, 0.1) is 0 Å². The predicted molar refractivity (Wildman–Crippen MR) is 72.8 cm³/mol. The molecule has 3 nitrogen and oxygen atoms in total. The van der Waals surface area contributed by atoms with Crippen LogP contribution in [0.2, 0.25) is 0 Å². The molecule has 0 fully saturated rings. The average molecular weight is 241 g/mol. The molecule has 0 spiro atoms. The lowest BCUT2D eigenvalue weighted by molar-refractivity contribution is 0.101. The highest BCUT2D eigenvalue weighted by molar-refractivity contribution is 5.96. The normalized spacial score (nSPS) is 10.1. The Bertz CT molecular complexity index is 574. The molecular formula is C15H15NO2. The first-order valence-corrected chi connectivity index (χ1v) is 5.66. The van der Waals surface area contributed by atoms with Crippen molar-refractivity contribution in [2.75, 3.05) is 12.8 Å². The molecule has 0 aliphatic carbocycles. The average Bonchev–Trinajstić information content (AvgIpc) is 2.39. The Balaban J connectivity index is 2.56. The lowest BCUT2D eigenvalue weighted by Gasteiger charge is -2.10. The van der Waals surface area contributed by atoms with Crippen molar-refractivity contribution in [1.29, 1.82) is 0 Å². The molecule has 0 saturated heterocycles. The van der Waals surface area contributed by atoms with E-state index in [4.69, 9.17) is 10.5 Å². The third-order valence-corrected chi connectivity index (χ3v) is 2.83. The number of nitrogens with two attached hydrogens (primary N) is 1. The van der Waals surface area contributed by atoms with Gasteiger partial charge in [-0.25, -0.2) is 0 Å². The molecule has 0 radical (unpaired) electrons. The molecule has 0 bridgehead atoms. The minimum atomic E-state index is 0.0364. The molecule has 3 heteroatoms. The number of nitrogen functional groups attached to an aromatic ring is 1. The van der Waals surface area contributed by atoms with E-state index >= 15 is 0 Å². The fraction of sp³-hybridized carbons (Fsp3) is 0.133. The summed E-state index contributed by atoms with van der Waals surface area (Å²) in [4.78, 5) is 11.4. The van der Waals surface area contributed by atoms with Crippen LogP contribution in [0.25, 0.3) is 11.1 Å². The largest absolute Gasteiger partial charge is 0.496 e. The quantitative estimate of drug-likeness (QED) is 0.663. The van der Waals surface area contributed by atoms with Crippen molar-refractivity contribution in [2.45, 2.75) is 6.92 Å². The number of ether oxygens (including phenoxy) is 1. The van der Waals surface area contributed by atoms with Crippen LogP contribution >= 0.6 is 0 Å². The molecule has 0 amide bonds. The van der Waals surface area contributed by atoms with Crippen LogP contribution in [0.1, 0.15) is 17.3 Å². The van der Waals surface area contributed by atoms with E-state index < -0.39 is 0 Å². The molecule has 0 aliphatic rings. The van der Waals surface area contributed by atoms with Crippen LogP contribution < -0.4 is 10.5 Å². The molecule has 0 aromatic heterocycles. The SMILES string of the molecule is COc1ccc(C(C)=O)cc1-c1ccc(N)cc1. The minimum Gasteiger partial charge on any atom is -0.496 e. The van der Waals surface area contributed by atoms with E-state index in [9.17, 15) is 4.79 Å². The van der Waals surface area contributed by atoms with Crippen LogP contribution in [0.4, 0.5) is 5.69 Å². The fourth-order valence-corrected chi connectivity index (χ4v) is 1.82. The van der Waals surface area contributed by atoms with E-state index in [1.54, 1.807) is 20.1 Å². The molecule has 0 aliphatic heterocycles. The molecule has 0 saturated carbocycles. The van der Waals surface area contributed by atoms with Gasteiger partial charge in [-0.2, -0.15) is 0 Å². The summed E-state index contributed by atoms with van der Waals surface area (Å²) in [6.07, 6.45) is 0. The molecule has 2 aromatic rings. The molecule has 18 heavy (non-hydrogen) atoms. The van der Waals surface area contributed by atoms with Crippen LogP contribution in [-0.2, 0) is 0 Å². The van der Waals surface area contributed by atoms with E-state index in [-0.39, 0.29) is 5.78 Å². The zero-order valence-corrected chi connectivity index (χ0v) is 10.4. The number of methoxy groups -OCH3 is 1. The van der Waals surface area contributed by atoms with Gasteiger partial charge in [0.15, 0.2) is 5.78 Å². The number of Topliss-reactive ketones (excluding diaryl/α,β-unsaturated/α-hetero) is 1. The van der Waals surface area contributed by atoms with Crippen LogP contribution in [0.15, 0.2) is 42.5 Å². The fourth-order valence-electron chi connectivity index (χ4n) is 1.82. The van der Waals surface area contributed by atoms with Crippen LogP contribution in [-0.4, -0.2) is 12.9 Å². The highest BCUT2D eigenvalue weighted by Gasteiger charge is 2.09. The first kappa shape index (κ1) is 12.2. The van der Waals surface area contributed by atoms with Crippen molar-refractivity contribution in [1.82, 2.24) is 0 Å². The Labute approximate surface area is 106 Å². The Morgan fingerprint density at radius 1 is 1.11 bits per heavy atom. The Morgan fingerprint density at radius 2 is 1.78 bits per heavy atom. The van der Waals surface area contributed by atoms with Crippen molar-refractivity contribution >= 4 is 11.5 Å².